The van der Waals surface area contributed by atoms with Crippen LogP contribution in [0.1, 0.15) is 32.1 Å². The van der Waals surface area contributed by atoms with Crippen molar-refractivity contribution in [1.29, 1.82) is 0 Å². The lowest BCUT2D eigenvalue weighted by atomic mass is 9.96. The van der Waals surface area contributed by atoms with Crippen LogP contribution in [-0.2, 0) is 0 Å². The van der Waals surface area contributed by atoms with Crippen molar-refractivity contribution in [2.45, 2.75) is 47.4 Å². The van der Waals surface area contributed by atoms with E-state index in [1.807, 2.05) is 0 Å². The molecular formula is C14H15FN4O2S2. The van der Waals surface area contributed by atoms with E-state index < -0.39 is 10.7 Å². The van der Waals surface area contributed by atoms with Crippen LogP contribution in [0.4, 0.5) is 15.2 Å². The van der Waals surface area contributed by atoms with Gasteiger partial charge in [-0.1, -0.05) is 30.6 Å². The van der Waals surface area contributed by atoms with Crippen molar-refractivity contribution < 1.29 is 9.31 Å². The van der Waals surface area contributed by atoms with E-state index in [1.165, 1.54) is 42.7 Å². The Morgan fingerprint density at radius 2 is 2.09 bits per heavy atom. The first-order chi connectivity index (χ1) is 11.1. The number of aromatic nitrogens is 2. The van der Waals surface area contributed by atoms with Crippen molar-refractivity contribution >= 4 is 33.9 Å². The minimum Gasteiger partial charge on any atom is -0.357 e. The third-order valence-corrected chi connectivity index (χ3v) is 5.62. The monoisotopic (exact) mass is 354 g/mol. The zero-order valence-electron chi connectivity index (χ0n) is 12.2. The van der Waals surface area contributed by atoms with Gasteiger partial charge in [-0.2, -0.15) is 0 Å². The Morgan fingerprint density at radius 1 is 1.30 bits per heavy atom. The van der Waals surface area contributed by atoms with Crippen molar-refractivity contribution in [3.63, 3.8) is 0 Å². The van der Waals surface area contributed by atoms with E-state index in [1.54, 1.807) is 0 Å². The van der Waals surface area contributed by atoms with Crippen molar-refractivity contribution in [3.8, 4) is 0 Å². The van der Waals surface area contributed by atoms with Crippen LogP contribution in [0.3, 0.4) is 0 Å². The number of nitrogens with one attached hydrogen (secondary N) is 1. The maximum absolute atomic E-state index is 13.2. The molecule has 1 heterocycles. The lowest BCUT2D eigenvalue weighted by molar-refractivity contribution is -0.387. The topological polar surface area (TPSA) is 81.0 Å². The highest BCUT2D eigenvalue weighted by molar-refractivity contribution is 8.01. The Morgan fingerprint density at radius 3 is 2.83 bits per heavy atom. The molecule has 0 spiro atoms. The number of benzene rings is 1. The highest BCUT2D eigenvalue weighted by Gasteiger charge is 2.19. The minimum absolute atomic E-state index is 0.257. The summed E-state index contributed by atoms with van der Waals surface area (Å²) < 4.78 is 13.8. The van der Waals surface area contributed by atoms with Crippen molar-refractivity contribution in [2.75, 3.05) is 5.32 Å². The number of nitro groups is 1. The van der Waals surface area contributed by atoms with Crippen LogP contribution in [0.15, 0.2) is 27.4 Å². The number of halogens is 1. The molecule has 2 aromatic rings. The van der Waals surface area contributed by atoms with E-state index >= 15 is 0 Å². The summed E-state index contributed by atoms with van der Waals surface area (Å²) in [5.41, 5.74) is -0.257. The molecule has 0 amide bonds. The van der Waals surface area contributed by atoms with E-state index in [-0.39, 0.29) is 5.69 Å². The smallest absolute Gasteiger partial charge is 0.286 e. The molecule has 1 aromatic carbocycles. The SMILES string of the molecule is O=[N+]([O-])c1cc(F)ccc1Sc1nnc(NC2CCCCC2)s1. The van der Waals surface area contributed by atoms with Crippen LogP contribution in [0.5, 0.6) is 0 Å². The first-order valence-electron chi connectivity index (χ1n) is 7.33. The van der Waals surface area contributed by atoms with Gasteiger partial charge in [0.25, 0.3) is 5.69 Å². The number of nitro benzene ring substituents is 1. The fourth-order valence-electron chi connectivity index (χ4n) is 2.54. The molecule has 3 rings (SSSR count). The Bertz CT molecular complexity index is 704. The molecule has 1 N–H and O–H groups in total. The van der Waals surface area contributed by atoms with Crippen molar-refractivity contribution in [1.82, 2.24) is 10.2 Å². The van der Waals surface area contributed by atoms with Gasteiger partial charge in [-0.15, -0.1) is 10.2 Å². The molecule has 0 unspecified atom stereocenters. The standard InChI is InChI=1S/C14H15FN4O2S2/c15-9-6-7-12(11(8-9)19(20)21)22-14-18-17-13(23-14)16-10-4-2-1-3-5-10/h6-8,10H,1-5H2,(H,16,17). The zero-order valence-corrected chi connectivity index (χ0v) is 13.8. The molecule has 0 radical (unpaired) electrons. The van der Waals surface area contributed by atoms with Gasteiger partial charge in [-0.3, -0.25) is 10.1 Å². The van der Waals surface area contributed by atoms with Gasteiger partial charge in [0.2, 0.25) is 5.13 Å². The first kappa shape index (κ1) is 16.1. The Labute approximate surface area is 140 Å². The van der Waals surface area contributed by atoms with Gasteiger partial charge in [-0.05, 0) is 36.7 Å². The van der Waals surface area contributed by atoms with Gasteiger partial charge in [0.15, 0.2) is 4.34 Å². The second-order valence-corrected chi connectivity index (χ2v) is 7.59. The molecule has 1 aliphatic carbocycles. The third-order valence-electron chi connectivity index (χ3n) is 3.65. The van der Waals surface area contributed by atoms with Gasteiger partial charge < -0.3 is 5.32 Å². The summed E-state index contributed by atoms with van der Waals surface area (Å²) in [4.78, 5) is 10.8. The van der Waals surface area contributed by atoms with Gasteiger partial charge in [-0.25, -0.2) is 4.39 Å². The van der Waals surface area contributed by atoms with Crippen LogP contribution >= 0.6 is 23.1 Å². The number of hydrogen-bond donors (Lipinski definition) is 1. The van der Waals surface area contributed by atoms with Crippen LogP contribution in [-0.4, -0.2) is 21.2 Å². The summed E-state index contributed by atoms with van der Waals surface area (Å²) in [6.07, 6.45) is 5.99. The molecular weight excluding hydrogens is 339 g/mol. The molecule has 0 saturated heterocycles. The molecule has 0 aliphatic heterocycles. The summed E-state index contributed by atoms with van der Waals surface area (Å²) in [6.45, 7) is 0. The first-order valence-corrected chi connectivity index (χ1v) is 8.97. The molecule has 23 heavy (non-hydrogen) atoms. The number of nitrogens with zero attached hydrogens (tertiary/aromatic N) is 3. The number of rotatable bonds is 5. The number of anilines is 1. The Balaban J connectivity index is 1.70. The molecule has 0 atom stereocenters. The maximum atomic E-state index is 13.2. The summed E-state index contributed by atoms with van der Waals surface area (Å²) >= 11 is 2.49. The average Bonchev–Trinajstić information content (AvgIpc) is 2.97. The normalized spacial score (nSPS) is 15.5. The summed E-state index contributed by atoms with van der Waals surface area (Å²) in [6, 6.07) is 3.95. The molecule has 1 aliphatic rings. The van der Waals surface area contributed by atoms with Gasteiger partial charge >= 0.3 is 0 Å². The van der Waals surface area contributed by atoms with Gasteiger partial charge in [0.05, 0.1) is 15.9 Å². The minimum atomic E-state index is -0.627. The highest BCUT2D eigenvalue weighted by Crippen LogP contribution is 2.37. The largest absolute Gasteiger partial charge is 0.357 e. The molecule has 122 valence electrons. The highest BCUT2D eigenvalue weighted by atomic mass is 32.2. The van der Waals surface area contributed by atoms with Gasteiger partial charge in [0, 0.05) is 6.04 Å². The summed E-state index contributed by atoms with van der Waals surface area (Å²) in [5.74, 6) is -0.627. The van der Waals surface area contributed by atoms with E-state index in [9.17, 15) is 14.5 Å². The van der Waals surface area contributed by atoms with Crippen LogP contribution in [0.2, 0.25) is 0 Å². The van der Waals surface area contributed by atoms with Crippen LogP contribution < -0.4 is 5.32 Å². The summed E-state index contributed by atoms with van der Waals surface area (Å²) in [5, 5.41) is 23.3. The maximum Gasteiger partial charge on any atom is 0.286 e. The van der Waals surface area contributed by atoms with Crippen LogP contribution in [0, 0.1) is 15.9 Å². The Hall–Kier alpha value is -1.74. The fourth-order valence-corrected chi connectivity index (χ4v) is 4.42. The van der Waals surface area contributed by atoms with E-state index in [0.717, 1.165) is 35.8 Å². The predicted octanol–water partition coefficient (Wildman–Crippen LogP) is 4.48. The van der Waals surface area contributed by atoms with E-state index in [0.29, 0.717) is 15.3 Å². The Kier molecular flexibility index (Phi) is 5.06. The molecule has 1 saturated carbocycles. The molecule has 1 fully saturated rings. The predicted molar refractivity (Wildman–Crippen MR) is 87.6 cm³/mol. The molecule has 9 heteroatoms. The van der Waals surface area contributed by atoms with E-state index in [2.05, 4.69) is 15.5 Å². The number of hydrogen-bond acceptors (Lipinski definition) is 7. The van der Waals surface area contributed by atoms with E-state index in [4.69, 9.17) is 0 Å². The molecule has 1 aromatic heterocycles. The second kappa shape index (κ2) is 7.22. The zero-order chi connectivity index (χ0) is 16.2. The lowest BCUT2D eigenvalue weighted by Crippen LogP contribution is -2.21. The quantitative estimate of drug-likeness (QED) is 0.630. The molecule has 0 bridgehead atoms. The van der Waals surface area contributed by atoms with Gasteiger partial charge in [0.1, 0.15) is 5.82 Å². The van der Waals surface area contributed by atoms with Crippen LogP contribution in [0.25, 0.3) is 0 Å². The molecule has 6 nitrogen and oxygen atoms in total. The average molecular weight is 354 g/mol. The van der Waals surface area contributed by atoms with Crippen molar-refractivity contribution in [3.05, 3.63) is 34.1 Å². The fraction of sp³-hybridized carbons (Fsp3) is 0.429. The second-order valence-electron chi connectivity index (χ2n) is 5.32. The summed E-state index contributed by atoms with van der Waals surface area (Å²) in [7, 11) is 0. The van der Waals surface area contributed by atoms with Crippen molar-refractivity contribution in [2.24, 2.45) is 0 Å². The lowest BCUT2D eigenvalue weighted by Gasteiger charge is -2.21. The third kappa shape index (κ3) is 4.17.